The first-order valence-corrected chi connectivity index (χ1v) is 13.8. The normalized spacial score (nSPS) is 12.7. The van der Waals surface area contributed by atoms with Crippen LogP contribution >= 0.6 is 0 Å². The molecule has 0 aliphatic carbocycles. The van der Waals surface area contributed by atoms with E-state index in [1.165, 1.54) is 6.07 Å². The summed E-state index contributed by atoms with van der Waals surface area (Å²) in [5, 5.41) is 12.5. The van der Waals surface area contributed by atoms with Gasteiger partial charge >= 0.3 is 5.76 Å². The van der Waals surface area contributed by atoms with E-state index in [9.17, 15) is 9.59 Å². The van der Waals surface area contributed by atoms with Crippen LogP contribution < -0.4 is 11.3 Å². The van der Waals surface area contributed by atoms with Gasteiger partial charge in [0.1, 0.15) is 18.2 Å². The molecule has 2 aromatic carbocycles. The summed E-state index contributed by atoms with van der Waals surface area (Å²) >= 11 is 0. The first-order valence-electron chi connectivity index (χ1n) is 13.8. The molecule has 0 fully saturated rings. The highest BCUT2D eigenvalue weighted by molar-refractivity contribution is 5.85. The molecule has 0 saturated carbocycles. The van der Waals surface area contributed by atoms with Crippen LogP contribution in [0.4, 0.5) is 4.39 Å². The number of halogens is 1. The molecular formula is C30H32FN7O4. The van der Waals surface area contributed by atoms with Gasteiger partial charge in [0.2, 0.25) is 5.78 Å². The van der Waals surface area contributed by atoms with Crippen LogP contribution in [0, 0.1) is 12.7 Å². The second-order valence-electron chi connectivity index (χ2n) is 10.0. The average molecular weight is 574 g/mol. The lowest BCUT2D eigenvalue weighted by Gasteiger charge is -2.20. The second-order valence-corrected chi connectivity index (χ2v) is 10.0. The van der Waals surface area contributed by atoms with Crippen LogP contribution in [-0.2, 0) is 17.7 Å². The number of aromatic amines is 1. The number of nitrogens with zero attached hydrogens (tertiary/aromatic N) is 6. The third-order valence-electron chi connectivity index (χ3n) is 7.16. The minimum atomic E-state index is -0.678. The molecule has 12 heteroatoms. The van der Waals surface area contributed by atoms with E-state index in [0.29, 0.717) is 63.9 Å². The van der Waals surface area contributed by atoms with Crippen LogP contribution in [0.1, 0.15) is 62.8 Å². The van der Waals surface area contributed by atoms with Gasteiger partial charge in [0.05, 0.1) is 17.4 Å². The monoisotopic (exact) mass is 573 g/mol. The lowest BCUT2D eigenvalue weighted by atomic mass is 9.95. The molecule has 0 saturated heterocycles. The zero-order valence-corrected chi connectivity index (χ0v) is 24.1. The van der Waals surface area contributed by atoms with E-state index in [0.717, 1.165) is 6.42 Å². The maximum Gasteiger partial charge on any atom is 0.439 e. The van der Waals surface area contributed by atoms with Crippen molar-refractivity contribution < 1.29 is 13.8 Å². The number of fused-ring (bicyclic) bond motifs is 1. The van der Waals surface area contributed by atoms with E-state index in [1.54, 1.807) is 47.2 Å². The summed E-state index contributed by atoms with van der Waals surface area (Å²) in [6, 6.07) is 11.6. The Labute approximate surface area is 240 Å². The molecule has 0 spiro atoms. The topological polar surface area (TPSA) is 133 Å². The maximum atomic E-state index is 15.8. The number of H-pyrrole nitrogens is 1. The Morgan fingerprint density at radius 2 is 1.93 bits per heavy atom. The van der Waals surface area contributed by atoms with Gasteiger partial charge in [-0.15, -0.1) is 0 Å². The Morgan fingerprint density at radius 1 is 1.17 bits per heavy atom. The highest BCUT2D eigenvalue weighted by atomic mass is 19.1. The Morgan fingerprint density at radius 3 is 2.60 bits per heavy atom. The zero-order chi connectivity index (χ0) is 30.0. The molecule has 0 radical (unpaired) electrons. The number of benzene rings is 2. The van der Waals surface area contributed by atoms with E-state index in [-0.39, 0.29) is 17.8 Å². The molecule has 42 heavy (non-hydrogen) atoms. The SMILES string of the molecule is CCCc1c(Cc2ccc(-c3ccccc3-c3noc(=O)[nH]3)cc2F)c(=O)n(C(C)C(C)=NOCC)c2nc(C)nn12. The quantitative estimate of drug-likeness (QED) is 0.186. The van der Waals surface area contributed by atoms with Gasteiger partial charge < -0.3 is 4.84 Å². The molecule has 218 valence electrons. The van der Waals surface area contributed by atoms with Gasteiger partial charge in [-0.05, 0) is 56.9 Å². The van der Waals surface area contributed by atoms with Crippen molar-refractivity contribution in [2.24, 2.45) is 5.16 Å². The Balaban J connectivity index is 1.61. The summed E-state index contributed by atoms with van der Waals surface area (Å²) in [5.74, 6) is 0.0245. The summed E-state index contributed by atoms with van der Waals surface area (Å²) < 4.78 is 23.7. The van der Waals surface area contributed by atoms with Crippen LogP contribution in [0.3, 0.4) is 0 Å². The standard InChI is InChI=1S/C30H32FN7O4/c1-6-10-26-24(28(39)37(18(4)17(3)35-41-7-2)29-32-19(5)34-38(26)29)15-21-14-13-20(16-25(21)31)22-11-8-9-12-23(22)27-33-30(40)42-36-27/h8-9,11-14,16,18H,6-7,10,15H2,1-5H3,(H,33,36,40). The van der Waals surface area contributed by atoms with E-state index in [1.807, 2.05) is 32.9 Å². The van der Waals surface area contributed by atoms with Crippen LogP contribution in [0.5, 0.6) is 0 Å². The third-order valence-corrected chi connectivity index (χ3v) is 7.16. The number of hydrogen-bond acceptors (Lipinski definition) is 8. The van der Waals surface area contributed by atoms with Crippen molar-refractivity contribution in [2.45, 2.75) is 59.9 Å². The highest BCUT2D eigenvalue weighted by Gasteiger charge is 2.25. The molecule has 0 aliphatic heterocycles. The largest absolute Gasteiger partial charge is 0.439 e. The smallest absolute Gasteiger partial charge is 0.396 e. The van der Waals surface area contributed by atoms with Gasteiger partial charge in [0.25, 0.3) is 5.56 Å². The van der Waals surface area contributed by atoms with Crippen LogP contribution in [0.25, 0.3) is 28.3 Å². The molecule has 5 aromatic rings. The van der Waals surface area contributed by atoms with Gasteiger partial charge in [-0.25, -0.2) is 13.7 Å². The molecule has 0 aliphatic rings. The Kier molecular flexibility index (Phi) is 8.14. The van der Waals surface area contributed by atoms with E-state index < -0.39 is 17.6 Å². The lowest BCUT2D eigenvalue weighted by molar-refractivity contribution is 0.157. The van der Waals surface area contributed by atoms with Crippen LogP contribution in [-0.4, -0.2) is 41.6 Å². The number of oxime groups is 1. The molecule has 0 bridgehead atoms. The van der Waals surface area contributed by atoms with Gasteiger partial charge in [0, 0.05) is 17.5 Å². The third kappa shape index (κ3) is 5.39. The minimum absolute atomic E-state index is 0.0573. The number of aromatic nitrogens is 6. The van der Waals surface area contributed by atoms with Gasteiger partial charge in [-0.2, -0.15) is 10.1 Å². The van der Waals surface area contributed by atoms with Crippen LogP contribution in [0.2, 0.25) is 0 Å². The van der Waals surface area contributed by atoms with Crippen molar-refractivity contribution in [3.05, 3.63) is 91.8 Å². The van der Waals surface area contributed by atoms with Crippen molar-refractivity contribution in [2.75, 3.05) is 6.61 Å². The number of rotatable bonds is 10. The number of aryl methyl sites for hydroxylation is 2. The first kappa shape index (κ1) is 28.7. The van der Waals surface area contributed by atoms with Crippen LogP contribution in [0.15, 0.2) is 61.7 Å². The second kappa shape index (κ2) is 11.9. The van der Waals surface area contributed by atoms with Crippen molar-refractivity contribution in [1.29, 1.82) is 0 Å². The van der Waals surface area contributed by atoms with Crippen molar-refractivity contribution in [3.8, 4) is 22.5 Å². The van der Waals surface area contributed by atoms with Gasteiger partial charge in [-0.1, -0.05) is 60.1 Å². The molecule has 1 unspecified atom stereocenters. The number of nitrogens with one attached hydrogen (secondary N) is 1. The fourth-order valence-electron chi connectivity index (χ4n) is 5.01. The highest BCUT2D eigenvalue weighted by Crippen LogP contribution is 2.31. The fraction of sp³-hybridized carbons (Fsp3) is 0.333. The molecular weight excluding hydrogens is 541 g/mol. The molecule has 0 amide bonds. The summed E-state index contributed by atoms with van der Waals surface area (Å²) in [5.41, 5.74) is 3.66. The van der Waals surface area contributed by atoms with Crippen molar-refractivity contribution in [3.63, 3.8) is 0 Å². The predicted molar refractivity (Wildman–Crippen MR) is 156 cm³/mol. The summed E-state index contributed by atoms with van der Waals surface area (Å²) in [7, 11) is 0. The summed E-state index contributed by atoms with van der Waals surface area (Å²) in [6.07, 6.45) is 1.38. The van der Waals surface area contributed by atoms with Crippen molar-refractivity contribution >= 4 is 11.5 Å². The Hall–Kier alpha value is -4.87. The first-order chi connectivity index (χ1) is 20.2. The molecule has 5 rings (SSSR count). The average Bonchev–Trinajstić information content (AvgIpc) is 3.59. The fourth-order valence-corrected chi connectivity index (χ4v) is 5.01. The number of hydrogen-bond donors (Lipinski definition) is 1. The zero-order valence-electron chi connectivity index (χ0n) is 24.1. The van der Waals surface area contributed by atoms with Gasteiger partial charge in [0.15, 0.2) is 5.82 Å². The lowest BCUT2D eigenvalue weighted by Crippen LogP contribution is -2.34. The minimum Gasteiger partial charge on any atom is -0.396 e. The van der Waals surface area contributed by atoms with E-state index >= 15 is 4.39 Å². The van der Waals surface area contributed by atoms with Gasteiger partial charge in [-0.3, -0.25) is 18.9 Å². The maximum absolute atomic E-state index is 15.8. The molecule has 3 aromatic heterocycles. The molecule has 1 atom stereocenters. The molecule has 3 heterocycles. The molecule has 1 N–H and O–H groups in total. The van der Waals surface area contributed by atoms with Crippen molar-refractivity contribution in [1.82, 2.24) is 29.3 Å². The summed E-state index contributed by atoms with van der Waals surface area (Å²) in [4.78, 5) is 38.0. The van der Waals surface area contributed by atoms with E-state index in [2.05, 4.69) is 29.9 Å². The Bertz CT molecular complexity index is 1900. The molecule has 11 nitrogen and oxygen atoms in total. The van der Waals surface area contributed by atoms with E-state index in [4.69, 9.17) is 4.84 Å². The predicted octanol–water partition coefficient (Wildman–Crippen LogP) is 4.87. The summed E-state index contributed by atoms with van der Waals surface area (Å²) in [6.45, 7) is 9.65.